The van der Waals surface area contributed by atoms with Crippen LogP contribution >= 0.6 is 0 Å². The predicted octanol–water partition coefficient (Wildman–Crippen LogP) is 3.74. The van der Waals surface area contributed by atoms with E-state index in [9.17, 15) is 9.18 Å². The van der Waals surface area contributed by atoms with E-state index in [0.29, 0.717) is 18.8 Å². The summed E-state index contributed by atoms with van der Waals surface area (Å²) in [6.07, 6.45) is 3.34. The van der Waals surface area contributed by atoms with Crippen LogP contribution in [0, 0.1) is 12.9 Å². The number of amides is 2. The van der Waals surface area contributed by atoms with E-state index in [2.05, 4.69) is 16.4 Å². The largest absolute Gasteiger partial charge is 0.376 e. The molecule has 2 heterocycles. The second kappa shape index (κ2) is 8.07. The molecular weight excluding hydrogens is 321 g/mol. The average molecular weight is 343 g/mol. The lowest BCUT2D eigenvalue weighted by atomic mass is 10.1. The van der Waals surface area contributed by atoms with Gasteiger partial charge in [-0.05, 0) is 37.5 Å². The van der Waals surface area contributed by atoms with Crippen molar-refractivity contribution in [2.75, 3.05) is 18.5 Å². The molecule has 1 N–H and O–H groups in total. The average Bonchev–Trinajstić information content (AvgIpc) is 3.09. The Morgan fingerprint density at radius 3 is 2.96 bits per heavy atom. The number of anilines is 1. The maximum atomic E-state index is 12.9. The molecule has 0 bridgehead atoms. The number of carbonyl (C=O) groups is 1. The molecular formula is C19H22FN3O2. The van der Waals surface area contributed by atoms with Gasteiger partial charge in [-0.25, -0.2) is 9.78 Å². The Balaban J connectivity index is 1.71. The van der Waals surface area contributed by atoms with E-state index in [1.54, 1.807) is 4.90 Å². The van der Waals surface area contributed by atoms with Gasteiger partial charge >= 0.3 is 6.03 Å². The number of halogens is 1. The second-order valence-electron chi connectivity index (χ2n) is 6.30. The van der Waals surface area contributed by atoms with Crippen molar-refractivity contribution >= 4 is 11.7 Å². The minimum absolute atomic E-state index is 0.0573. The van der Waals surface area contributed by atoms with Crippen LogP contribution in [0.2, 0.25) is 0 Å². The van der Waals surface area contributed by atoms with Gasteiger partial charge in [-0.1, -0.05) is 29.8 Å². The van der Waals surface area contributed by atoms with Crippen molar-refractivity contribution in [3.8, 4) is 0 Å². The topological polar surface area (TPSA) is 54.5 Å². The highest BCUT2D eigenvalue weighted by atomic mass is 19.1. The maximum absolute atomic E-state index is 12.9. The summed E-state index contributed by atoms with van der Waals surface area (Å²) in [5.41, 5.74) is 2.68. The predicted molar refractivity (Wildman–Crippen MR) is 93.8 cm³/mol. The van der Waals surface area contributed by atoms with Gasteiger partial charge in [0.15, 0.2) is 0 Å². The number of nitrogens with one attached hydrogen (secondary N) is 1. The fourth-order valence-corrected chi connectivity index (χ4v) is 2.94. The third-order valence-corrected chi connectivity index (χ3v) is 4.17. The molecule has 1 aliphatic rings. The van der Waals surface area contributed by atoms with Gasteiger partial charge < -0.3 is 15.0 Å². The number of aromatic nitrogens is 1. The zero-order chi connectivity index (χ0) is 17.6. The van der Waals surface area contributed by atoms with Gasteiger partial charge in [0.2, 0.25) is 5.95 Å². The summed E-state index contributed by atoms with van der Waals surface area (Å²) in [7, 11) is 0. The lowest BCUT2D eigenvalue weighted by molar-refractivity contribution is 0.0819. The van der Waals surface area contributed by atoms with E-state index in [1.165, 1.54) is 18.3 Å². The number of hydrogen-bond acceptors (Lipinski definition) is 3. The Hall–Kier alpha value is -2.47. The molecule has 1 atom stereocenters. The first-order valence-electron chi connectivity index (χ1n) is 8.45. The van der Waals surface area contributed by atoms with Crippen molar-refractivity contribution in [2.45, 2.75) is 32.4 Å². The fraction of sp³-hybridized carbons (Fsp3) is 0.368. The van der Waals surface area contributed by atoms with E-state index in [-0.39, 0.29) is 12.1 Å². The summed E-state index contributed by atoms with van der Waals surface area (Å²) in [6.45, 7) is 3.78. The monoisotopic (exact) mass is 343 g/mol. The van der Waals surface area contributed by atoms with Crippen LogP contribution in [0.1, 0.15) is 24.0 Å². The van der Waals surface area contributed by atoms with Crippen molar-refractivity contribution < 1.29 is 13.9 Å². The van der Waals surface area contributed by atoms with Gasteiger partial charge in [-0.15, -0.1) is 0 Å². The molecule has 5 nitrogen and oxygen atoms in total. The number of benzene rings is 1. The van der Waals surface area contributed by atoms with Crippen molar-refractivity contribution in [3.05, 3.63) is 59.7 Å². The molecule has 2 amide bonds. The number of carbonyl (C=O) groups excluding carboxylic acids is 1. The number of pyridine rings is 1. The zero-order valence-corrected chi connectivity index (χ0v) is 14.2. The first-order valence-corrected chi connectivity index (χ1v) is 8.45. The fourth-order valence-electron chi connectivity index (χ4n) is 2.94. The quantitative estimate of drug-likeness (QED) is 0.842. The Morgan fingerprint density at radius 2 is 2.28 bits per heavy atom. The number of urea groups is 1. The summed E-state index contributed by atoms with van der Waals surface area (Å²) in [4.78, 5) is 18.0. The molecule has 132 valence electrons. The minimum Gasteiger partial charge on any atom is -0.376 e. The summed E-state index contributed by atoms with van der Waals surface area (Å²) < 4.78 is 18.6. The molecule has 3 rings (SSSR count). The van der Waals surface area contributed by atoms with Crippen LogP contribution in [0.3, 0.4) is 0 Å². The van der Waals surface area contributed by atoms with Crippen molar-refractivity contribution in [3.63, 3.8) is 0 Å². The van der Waals surface area contributed by atoms with Crippen LogP contribution < -0.4 is 5.32 Å². The van der Waals surface area contributed by atoms with Crippen molar-refractivity contribution in [1.82, 2.24) is 9.88 Å². The van der Waals surface area contributed by atoms with Gasteiger partial charge in [-0.3, -0.25) is 0 Å². The molecule has 6 heteroatoms. The van der Waals surface area contributed by atoms with E-state index in [4.69, 9.17) is 4.74 Å². The zero-order valence-electron chi connectivity index (χ0n) is 14.2. The van der Waals surface area contributed by atoms with Gasteiger partial charge in [-0.2, -0.15) is 4.39 Å². The molecule has 1 saturated heterocycles. The Morgan fingerprint density at radius 1 is 1.40 bits per heavy atom. The van der Waals surface area contributed by atoms with Crippen LogP contribution in [0.15, 0.2) is 42.6 Å². The van der Waals surface area contributed by atoms with E-state index in [0.717, 1.165) is 30.6 Å². The minimum atomic E-state index is -0.575. The SMILES string of the molecule is Cc1cccc(CN(C[C@H]2CCCO2)C(=O)Nc2ccc(F)nc2)c1. The van der Waals surface area contributed by atoms with Crippen LogP contribution in [0.4, 0.5) is 14.9 Å². The molecule has 0 unspecified atom stereocenters. The van der Waals surface area contributed by atoms with Crippen LogP contribution in [0.25, 0.3) is 0 Å². The Bertz CT molecular complexity index is 715. The molecule has 1 aromatic carbocycles. The first-order chi connectivity index (χ1) is 12.1. The highest BCUT2D eigenvalue weighted by Gasteiger charge is 2.23. The molecule has 0 spiro atoms. The second-order valence-corrected chi connectivity index (χ2v) is 6.30. The molecule has 1 fully saturated rings. The molecule has 0 aliphatic carbocycles. The van der Waals surface area contributed by atoms with Crippen LogP contribution in [-0.2, 0) is 11.3 Å². The van der Waals surface area contributed by atoms with E-state index in [1.807, 2.05) is 25.1 Å². The van der Waals surface area contributed by atoms with Crippen molar-refractivity contribution in [1.29, 1.82) is 0 Å². The van der Waals surface area contributed by atoms with Gasteiger partial charge in [0.1, 0.15) is 0 Å². The van der Waals surface area contributed by atoms with Gasteiger partial charge in [0.05, 0.1) is 18.0 Å². The summed E-state index contributed by atoms with van der Waals surface area (Å²) in [6, 6.07) is 10.6. The normalized spacial score (nSPS) is 16.6. The lowest BCUT2D eigenvalue weighted by Gasteiger charge is -2.26. The number of nitrogens with zero attached hydrogens (tertiary/aromatic N) is 2. The number of hydrogen-bond donors (Lipinski definition) is 1. The number of aryl methyl sites for hydroxylation is 1. The van der Waals surface area contributed by atoms with E-state index < -0.39 is 5.95 Å². The standard InChI is InChI=1S/C19H22FN3O2/c1-14-4-2-5-15(10-14)12-23(13-17-6-3-9-25-17)19(24)22-16-7-8-18(20)21-11-16/h2,4-5,7-8,10-11,17H,3,6,9,12-13H2,1H3,(H,22,24)/t17-/m1/s1. The lowest BCUT2D eigenvalue weighted by Crippen LogP contribution is -2.39. The molecule has 0 radical (unpaired) electrons. The van der Waals surface area contributed by atoms with Gasteiger partial charge in [0, 0.05) is 19.7 Å². The highest BCUT2D eigenvalue weighted by molar-refractivity contribution is 5.89. The molecule has 2 aromatic rings. The third kappa shape index (κ3) is 5.00. The molecule has 1 aromatic heterocycles. The Labute approximate surface area is 146 Å². The third-order valence-electron chi connectivity index (χ3n) is 4.17. The Kier molecular flexibility index (Phi) is 5.60. The summed E-state index contributed by atoms with van der Waals surface area (Å²) >= 11 is 0. The van der Waals surface area contributed by atoms with Crippen LogP contribution in [0.5, 0.6) is 0 Å². The molecule has 25 heavy (non-hydrogen) atoms. The van der Waals surface area contributed by atoms with Crippen LogP contribution in [-0.4, -0.2) is 35.2 Å². The number of ether oxygens (including phenoxy) is 1. The highest BCUT2D eigenvalue weighted by Crippen LogP contribution is 2.17. The number of rotatable bonds is 5. The first kappa shape index (κ1) is 17.4. The van der Waals surface area contributed by atoms with E-state index >= 15 is 0 Å². The van der Waals surface area contributed by atoms with Crippen molar-refractivity contribution in [2.24, 2.45) is 0 Å². The molecule has 1 aliphatic heterocycles. The molecule has 0 saturated carbocycles. The summed E-state index contributed by atoms with van der Waals surface area (Å²) in [5.74, 6) is -0.575. The maximum Gasteiger partial charge on any atom is 0.322 e. The summed E-state index contributed by atoms with van der Waals surface area (Å²) in [5, 5.41) is 2.78. The van der Waals surface area contributed by atoms with Gasteiger partial charge in [0.25, 0.3) is 0 Å². The smallest absolute Gasteiger partial charge is 0.322 e.